The van der Waals surface area contributed by atoms with Crippen LogP contribution in [0.15, 0.2) is 0 Å². The molecule has 0 aromatic rings. The minimum Gasteiger partial charge on any atom is -0.481 e. The third-order valence-corrected chi connectivity index (χ3v) is 5.75. The molecule has 0 aliphatic carbocycles. The molecule has 0 fully saturated rings. The lowest BCUT2D eigenvalue weighted by Crippen LogP contribution is -2.41. The van der Waals surface area contributed by atoms with E-state index in [1.165, 1.54) is 0 Å². The van der Waals surface area contributed by atoms with Crippen molar-refractivity contribution in [1.82, 2.24) is 10.6 Å². The van der Waals surface area contributed by atoms with E-state index in [-0.39, 0.29) is 37.5 Å². The Bertz CT molecular complexity index is 628. The quantitative estimate of drug-likeness (QED) is 0.126. The first-order valence-corrected chi connectivity index (χ1v) is 12.9. The molecule has 0 aliphatic heterocycles. The van der Waals surface area contributed by atoms with Crippen LogP contribution in [0.2, 0.25) is 0 Å². The van der Waals surface area contributed by atoms with Gasteiger partial charge in [-0.2, -0.15) is 0 Å². The molecule has 10 heteroatoms. The molecule has 0 aliphatic rings. The number of carboxylic acids is 2. The second-order valence-corrected chi connectivity index (χ2v) is 9.00. The molecule has 35 heavy (non-hydrogen) atoms. The van der Waals surface area contributed by atoms with E-state index in [1.54, 1.807) is 6.29 Å². The normalized spacial score (nSPS) is 12.5. The van der Waals surface area contributed by atoms with Gasteiger partial charge in [0.15, 0.2) is 0 Å². The first kappa shape index (κ1) is 32.5. The zero-order valence-electron chi connectivity index (χ0n) is 20.9. The molecule has 0 aromatic carbocycles. The maximum absolute atomic E-state index is 12.1. The van der Waals surface area contributed by atoms with E-state index in [1.807, 2.05) is 0 Å². The topological polar surface area (TPSA) is 176 Å². The number of carboxylic acid groups (broad SMARTS) is 2. The van der Waals surface area contributed by atoms with Gasteiger partial charge in [-0.3, -0.25) is 19.2 Å². The minimum atomic E-state index is -1.16. The van der Waals surface area contributed by atoms with Crippen LogP contribution in [0, 0.1) is 0 Å². The van der Waals surface area contributed by atoms with Gasteiger partial charge in [-0.15, -0.1) is 0 Å². The zero-order chi connectivity index (χ0) is 26.3. The molecule has 0 heterocycles. The Hall–Kier alpha value is -2.49. The first-order valence-electron chi connectivity index (χ1n) is 12.9. The average Bonchev–Trinajstić information content (AvgIpc) is 2.81. The van der Waals surface area contributed by atoms with Crippen molar-refractivity contribution in [1.29, 1.82) is 0 Å². The molecule has 0 rings (SSSR count). The lowest BCUT2D eigenvalue weighted by Gasteiger charge is -2.14. The van der Waals surface area contributed by atoms with Crippen LogP contribution in [0.3, 0.4) is 0 Å². The maximum atomic E-state index is 12.1. The van der Waals surface area contributed by atoms with Crippen molar-refractivity contribution in [3.8, 4) is 0 Å². The van der Waals surface area contributed by atoms with E-state index in [0.717, 1.165) is 57.8 Å². The summed E-state index contributed by atoms with van der Waals surface area (Å²) in [5.74, 6) is -2.49. The summed E-state index contributed by atoms with van der Waals surface area (Å²) in [6.07, 6.45) is 13.9. The van der Waals surface area contributed by atoms with Crippen molar-refractivity contribution in [2.24, 2.45) is 5.73 Å². The highest BCUT2D eigenvalue weighted by atomic mass is 16.4. The number of carbonyl (C=O) groups is 4. The zero-order valence-corrected chi connectivity index (χ0v) is 20.9. The number of nitrogens with one attached hydrogen (secondary N) is 2. The summed E-state index contributed by atoms with van der Waals surface area (Å²) in [5, 5.41) is 23.1. The second kappa shape index (κ2) is 22.0. The fraction of sp³-hybridized carbons (Fsp3) is 0.800. The summed E-state index contributed by atoms with van der Waals surface area (Å²) in [7, 11) is 0. The number of rotatable bonds is 24. The van der Waals surface area contributed by atoms with Crippen molar-refractivity contribution in [2.75, 3.05) is 6.54 Å². The minimum absolute atomic E-state index is 0.00155. The number of nitrogens with two attached hydrogens (primary N) is 1. The molecule has 2 amide bonds. The number of amides is 2. The largest absolute Gasteiger partial charge is 0.481 e. The molecule has 201 valence electrons. The lowest BCUT2D eigenvalue weighted by molar-refractivity contribution is -0.142. The fourth-order valence-electron chi connectivity index (χ4n) is 3.64. The molecule has 0 bridgehead atoms. The average molecular weight is 499 g/mol. The van der Waals surface area contributed by atoms with Crippen molar-refractivity contribution < 1.29 is 34.2 Å². The van der Waals surface area contributed by atoms with Crippen LogP contribution in [-0.2, 0) is 24.0 Å². The third kappa shape index (κ3) is 21.8. The van der Waals surface area contributed by atoms with Crippen molar-refractivity contribution in [3.05, 3.63) is 0 Å². The second-order valence-electron chi connectivity index (χ2n) is 9.00. The number of carbonyl (C=O) groups excluding carboxylic acids is 3. The monoisotopic (exact) mass is 498 g/mol. The summed E-state index contributed by atoms with van der Waals surface area (Å²) in [6, 6.07) is -1.70. The van der Waals surface area contributed by atoms with Gasteiger partial charge in [-0.1, -0.05) is 51.4 Å². The Morgan fingerprint density at radius 1 is 0.686 bits per heavy atom. The molecule has 0 saturated heterocycles. The van der Waals surface area contributed by atoms with E-state index >= 15 is 0 Å². The third-order valence-electron chi connectivity index (χ3n) is 5.75. The Balaban J connectivity index is 3.78. The van der Waals surface area contributed by atoms with Crippen molar-refractivity contribution in [3.63, 3.8) is 0 Å². The standard InChI is InChI=1S/C25H44N3O7/c26-20(19-29)13-11-12-18-27-22(30)17-16-21(25(34)35)28-23(31)14-9-7-5-3-1-2-4-6-8-10-15-24(32)33/h20-21H,1-18,26H2,(H,27,30)(H,28,31)(H,32,33)(H,34,35)/t20-,21-/m0/s1. The Morgan fingerprint density at radius 2 is 1.23 bits per heavy atom. The lowest BCUT2D eigenvalue weighted by atomic mass is 10.0. The number of hydrogen-bond acceptors (Lipinski definition) is 6. The molecule has 0 saturated carbocycles. The van der Waals surface area contributed by atoms with Crippen LogP contribution in [0.1, 0.15) is 109 Å². The van der Waals surface area contributed by atoms with Gasteiger partial charge in [0, 0.05) is 25.8 Å². The highest BCUT2D eigenvalue weighted by Gasteiger charge is 2.20. The van der Waals surface area contributed by atoms with Gasteiger partial charge in [0.25, 0.3) is 0 Å². The smallest absolute Gasteiger partial charge is 0.326 e. The van der Waals surface area contributed by atoms with Crippen molar-refractivity contribution >= 4 is 30.0 Å². The molecular formula is C25H44N3O7. The van der Waals surface area contributed by atoms with Gasteiger partial charge in [0.05, 0.1) is 6.04 Å². The summed E-state index contributed by atoms with van der Waals surface area (Å²) >= 11 is 0. The Kier molecular flexibility index (Phi) is 20.4. The summed E-state index contributed by atoms with van der Waals surface area (Å²) < 4.78 is 0. The van der Waals surface area contributed by atoms with E-state index in [0.29, 0.717) is 32.2 Å². The Labute approximate surface area is 208 Å². The molecule has 0 spiro atoms. The molecule has 0 unspecified atom stereocenters. The summed E-state index contributed by atoms with van der Waals surface area (Å²) in [4.78, 5) is 56.1. The molecule has 10 nitrogen and oxygen atoms in total. The van der Waals surface area contributed by atoms with Crippen LogP contribution < -0.4 is 16.4 Å². The highest BCUT2D eigenvalue weighted by Crippen LogP contribution is 2.12. The Morgan fingerprint density at radius 3 is 1.74 bits per heavy atom. The van der Waals surface area contributed by atoms with E-state index in [9.17, 15) is 29.1 Å². The number of unbranched alkanes of at least 4 members (excludes halogenated alkanes) is 10. The number of hydrogen-bond donors (Lipinski definition) is 5. The summed E-state index contributed by atoms with van der Waals surface area (Å²) in [6.45, 7) is 0.418. The highest BCUT2D eigenvalue weighted by molar-refractivity contribution is 5.84. The molecule has 2 atom stereocenters. The van der Waals surface area contributed by atoms with Crippen LogP contribution in [0.5, 0.6) is 0 Å². The molecule has 6 N–H and O–H groups in total. The van der Waals surface area contributed by atoms with Gasteiger partial charge < -0.3 is 26.6 Å². The van der Waals surface area contributed by atoms with Crippen molar-refractivity contribution in [2.45, 2.75) is 121 Å². The van der Waals surface area contributed by atoms with Crippen LogP contribution in [-0.4, -0.2) is 58.9 Å². The van der Waals surface area contributed by atoms with E-state index < -0.39 is 24.0 Å². The predicted octanol–water partition coefficient (Wildman–Crippen LogP) is 2.83. The maximum Gasteiger partial charge on any atom is 0.326 e. The van der Waals surface area contributed by atoms with Gasteiger partial charge >= 0.3 is 11.9 Å². The molecule has 1 radical (unpaired) electrons. The SMILES string of the molecule is N[C@H]([C]=O)CCCCNC(=O)CC[C@H](NC(=O)CCCCCCCCCCCCC(=O)O)C(=O)O. The fourth-order valence-corrected chi connectivity index (χ4v) is 3.64. The molecule has 0 aromatic heterocycles. The van der Waals surface area contributed by atoms with E-state index in [4.69, 9.17) is 10.8 Å². The number of aliphatic carboxylic acids is 2. The molecular weight excluding hydrogens is 454 g/mol. The van der Waals surface area contributed by atoms with Gasteiger partial charge in [-0.25, -0.2) is 4.79 Å². The first-order chi connectivity index (χ1) is 16.8. The summed E-state index contributed by atoms with van der Waals surface area (Å²) in [5.41, 5.74) is 5.44. The van der Waals surface area contributed by atoms with Crippen LogP contribution in [0.4, 0.5) is 0 Å². The van der Waals surface area contributed by atoms with Crippen LogP contribution in [0.25, 0.3) is 0 Å². The predicted molar refractivity (Wildman–Crippen MR) is 132 cm³/mol. The van der Waals surface area contributed by atoms with Gasteiger partial charge in [0.1, 0.15) is 6.04 Å². The van der Waals surface area contributed by atoms with Gasteiger partial charge in [-0.05, 0) is 38.5 Å². The van der Waals surface area contributed by atoms with Gasteiger partial charge in [0.2, 0.25) is 18.1 Å². The van der Waals surface area contributed by atoms with Crippen LogP contribution >= 0.6 is 0 Å². The van der Waals surface area contributed by atoms with E-state index in [2.05, 4.69) is 10.6 Å².